The van der Waals surface area contributed by atoms with Crippen LogP contribution in [0.2, 0.25) is 0 Å². The molecule has 0 unspecified atom stereocenters. The molecule has 0 spiro atoms. The van der Waals surface area contributed by atoms with Gasteiger partial charge in [0.2, 0.25) is 17.6 Å². The van der Waals surface area contributed by atoms with Crippen LogP contribution in [-0.2, 0) is 22.7 Å². The maximum atomic E-state index is 13.7. The van der Waals surface area contributed by atoms with Crippen molar-refractivity contribution in [2.45, 2.75) is 61.1 Å². The van der Waals surface area contributed by atoms with Gasteiger partial charge in [0, 0.05) is 44.9 Å². The van der Waals surface area contributed by atoms with Crippen LogP contribution in [0.3, 0.4) is 0 Å². The van der Waals surface area contributed by atoms with E-state index in [1.165, 1.54) is 12.1 Å². The van der Waals surface area contributed by atoms with Crippen molar-refractivity contribution < 1.29 is 18.5 Å². The number of hydrogen-bond donors (Lipinski definition) is 1. The summed E-state index contributed by atoms with van der Waals surface area (Å²) < 4.78 is 18.9. The molecule has 1 aliphatic heterocycles. The summed E-state index contributed by atoms with van der Waals surface area (Å²) in [7, 11) is 1.71. The number of amides is 2. The second kappa shape index (κ2) is 13.5. The van der Waals surface area contributed by atoms with E-state index < -0.39 is 0 Å². The Morgan fingerprint density at radius 1 is 1.10 bits per heavy atom. The average molecular weight is 553 g/mol. The fourth-order valence-corrected chi connectivity index (χ4v) is 4.68. The second-order valence-electron chi connectivity index (χ2n) is 10.5. The standard InChI is InChI=1S/C29H37FN6O3.CH4/c1-19(2)7-6-12-31-27(37)17-35(26-14-22(9-8-20(26)3)29-32-21(4)39-33-29)18-28(38)34(5)36-15-23-10-11-25(30)13-24(23)16-36;/h8-11,13-14,19H,6-7,12,15-18H2,1-5H3,(H,31,37);1H4. The fourth-order valence-electron chi connectivity index (χ4n) is 4.68. The van der Waals surface area contributed by atoms with Crippen LogP contribution in [0, 0.1) is 25.6 Å². The van der Waals surface area contributed by atoms with Gasteiger partial charge < -0.3 is 14.7 Å². The lowest BCUT2D eigenvalue weighted by molar-refractivity contribution is -0.145. The molecule has 0 bridgehead atoms. The molecule has 0 radical (unpaired) electrons. The summed E-state index contributed by atoms with van der Waals surface area (Å²) in [5, 5.41) is 10.4. The molecule has 10 heteroatoms. The van der Waals surface area contributed by atoms with Gasteiger partial charge in [-0.25, -0.2) is 9.40 Å². The quantitative estimate of drug-likeness (QED) is 0.339. The van der Waals surface area contributed by atoms with Crippen LogP contribution in [0.4, 0.5) is 10.1 Å². The first-order chi connectivity index (χ1) is 18.6. The van der Waals surface area contributed by atoms with Crippen molar-refractivity contribution in [2.24, 2.45) is 5.92 Å². The maximum Gasteiger partial charge on any atom is 0.256 e. The lowest BCUT2D eigenvalue weighted by Crippen LogP contribution is -2.48. The van der Waals surface area contributed by atoms with Gasteiger partial charge >= 0.3 is 0 Å². The van der Waals surface area contributed by atoms with Crippen molar-refractivity contribution >= 4 is 17.5 Å². The number of nitrogens with one attached hydrogen (secondary N) is 1. The summed E-state index contributed by atoms with van der Waals surface area (Å²) in [6.45, 7) is 9.51. The van der Waals surface area contributed by atoms with Gasteiger partial charge in [-0.05, 0) is 60.6 Å². The number of likely N-dealkylation sites (N-methyl/N-ethyl adjacent to an activating group) is 1. The molecule has 4 rings (SSSR count). The lowest BCUT2D eigenvalue weighted by atomic mass is 10.1. The van der Waals surface area contributed by atoms with E-state index >= 15 is 0 Å². The molecule has 1 aromatic heterocycles. The highest BCUT2D eigenvalue weighted by Gasteiger charge is 2.27. The highest BCUT2D eigenvalue weighted by Crippen LogP contribution is 2.28. The Kier molecular flexibility index (Phi) is 10.4. The molecule has 0 fully saturated rings. The second-order valence-corrected chi connectivity index (χ2v) is 10.5. The predicted octanol–water partition coefficient (Wildman–Crippen LogP) is 4.88. The number of benzene rings is 2. The summed E-state index contributed by atoms with van der Waals surface area (Å²) in [5.74, 6) is 0.834. The molecule has 2 amide bonds. The molecule has 0 saturated carbocycles. The number of carbonyl (C=O) groups excluding carboxylic acids is 2. The molecule has 1 N–H and O–H groups in total. The highest BCUT2D eigenvalue weighted by atomic mass is 19.1. The molecular formula is C30H41FN6O3. The number of anilines is 1. The van der Waals surface area contributed by atoms with Crippen LogP contribution in [0.1, 0.15) is 56.7 Å². The minimum atomic E-state index is -0.290. The SMILES string of the molecule is C.Cc1nc(-c2ccc(C)c(N(CC(=O)NCCCC(C)C)CC(=O)N(C)N3Cc4ccc(F)cc4C3)c2)no1. The van der Waals surface area contributed by atoms with Crippen LogP contribution < -0.4 is 10.2 Å². The number of nitrogens with zero attached hydrogens (tertiary/aromatic N) is 5. The van der Waals surface area contributed by atoms with E-state index in [-0.39, 0.29) is 38.1 Å². The maximum absolute atomic E-state index is 13.7. The first-order valence-corrected chi connectivity index (χ1v) is 13.3. The van der Waals surface area contributed by atoms with Gasteiger partial charge in [-0.1, -0.05) is 44.6 Å². The minimum absolute atomic E-state index is 0. The summed E-state index contributed by atoms with van der Waals surface area (Å²) in [6, 6.07) is 10.4. The third-order valence-corrected chi connectivity index (χ3v) is 6.94. The van der Waals surface area contributed by atoms with Crippen molar-refractivity contribution in [3.8, 4) is 11.4 Å². The topological polar surface area (TPSA) is 94.8 Å². The van der Waals surface area contributed by atoms with E-state index in [1.54, 1.807) is 29.9 Å². The number of fused-ring (bicyclic) bond motifs is 1. The molecule has 0 saturated heterocycles. The van der Waals surface area contributed by atoms with E-state index in [0.717, 1.165) is 40.8 Å². The minimum Gasteiger partial charge on any atom is -0.355 e. The van der Waals surface area contributed by atoms with E-state index in [4.69, 9.17) is 4.52 Å². The Morgan fingerprint density at radius 3 is 2.55 bits per heavy atom. The number of rotatable bonds is 11. The summed E-state index contributed by atoms with van der Waals surface area (Å²) >= 11 is 0. The van der Waals surface area contributed by atoms with Gasteiger partial charge in [0.1, 0.15) is 5.82 Å². The molecule has 2 heterocycles. The summed E-state index contributed by atoms with van der Waals surface area (Å²) in [4.78, 5) is 32.6. The Bertz CT molecular complexity index is 1320. The Morgan fingerprint density at radius 2 is 1.85 bits per heavy atom. The number of carbonyl (C=O) groups is 2. The molecule has 40 heavy (non-hydrogen) atoms. The van der Waals surface area contributed by atoms with Crippen LogP contribution in [-0.4, -0.2) is 58.7 Å². The van der Waals surface area contributed by atoms with E-state index in [1.807, 2.05) is 30.1 Å². The Hall–Kier alpha value is -3.79. The van der Waals surface area contributed by atoms with Crippen molar-refractivity contribution in [3.63, 3.8) is 0 Å². The molecule has 0 aliphatic carbocycles. The average Bonchev–Trinajstić information content (AvgIpc) is 3.51. The van der Waals surface area contributed by atoms with Crippen molar-refractivity contribution in [1.82, 2.24) is 25.5 Å². The third-order valence-electron chi connectivity index (χ3n) is 6.94. The van der Waals surface area contributed by atoms with Crippen molar-refractivity contribution in [3.05, 3.63) is 64.8 Å². The predicted molar refractivity (Wildman–Crippen MR) is 154 cm³/mol. The van der Waals surface area contributed by atoms with Crippen LogP contribution >= 0.6 is 0 Å². The van der Waals surface area contributed by atoms with Gasteiger partial charge in [0.05, 0.1) is 13.1 Å². The van der Waals surface area contributed by atoms with Gasteiger partial charge in [-0.2, -0.15) is 4.98 Å². The number of hydrazine groups is 1. The van der Waals surface area contributed by atoms with Gasteiger partial charge in [-0.3, -0.25) is 14.6 Å². The zero-order valence-electron chi connectivity index (χ0n) is 23.3. The van der Waals surface area contributed by atoms with Gasteiger partial charge in [0.25, 0.3) is 5.91 Å². The summed E-state index contributed by atoms with van der Waals surface area (Å²) in [6.07, 6.45) is 1.92. The monoisotopic (exact) mass is 552 g/mol. The van der Waals surface area contributed by atoms with Crippen molar-refractivity contribution in [1.29, 1.82) is 0 Å². The normalized spacial score (nSPS) is 12.7. The third kappa shape index (κ3) is 7.65. The lowest BCUT2D eigenvalue weighted by Gasteiger charge is -2.32. The van der Waals surface area contributed by atoms with Crippen molar-refractivity contribution in [2.75, 3.05) is 31.6 Å². The summed E-state index contributed by atoms with van der Waals surface area (Å²) in [5.41, 5.74) is 4.23. The van der Waals surface area contributed by atoms with E-state index in [0.29, 0.717) is 37.3 Å². The van der Waals surface area contributed by atoms with Crippen LogP contribution in [0.25, 0.3) is 11.4 Å². The highest BCUT2D eigenvalue weighted by molar-refractivity contribution is 5.87. The Labute approximate surface area is 236 Å². The van der Waals surface area contributed by atoms with Crippen LogP contribution in [0.15, 0.2) is 40.9 Å². The molecule has 1 aliphatic rings. The molecule has 3 aromatic rings. The largest absolute Gasteiger partial charge is 0.355 e. The number of hydrogen-bond acceptors (Lipinski definition) is 7. The molecule has 0 atom stereocenters. The molecule has 2 aromatic carbocycles. The Balaban J connectivity index is 0.00000441. The molecule has 9 nitrogen and oxygen atoms in total. The first-order valence-electron chi connectivity index (χ1n) is 13.3. The van der Waals surface area contributed by atoms with Gasteiger partial charge in [-0.15, -0.1) is 0 Å². The smallest absolute Gasteiger partial charge is 0.256 e. The zero-order valence-corrected chi connectivity index (χ0v) is 23.3. The van der Waals surface area contributed by atoms with E-state index in [2.05, 4.69) is 29.3 Å². The molecule has 216 valence electrons. The van der Waals surface area contributed by atoms with E-state index in [9.17, 15) is 14.0 Å². The number of aryl methyl sites for hydroxylation is 2. The zero-order chi connectivity index (χ0) is 28.1. The number of aromatic nitrogens is 2. The fraction of sp³-hybridized carbons (Fsp3) is 0.467. The van der Waals surface area contributed by atoms with Crippen LogP contribution in [0.5, 0.6) is 0 Å². The first kappa shape index (κ1) is 30.7. The number of halogens is 1. The molecular weight excluding hydrogens is 511 g/mol. The van der Waals surface area contributed by atoms with Gasteiger partial charge in [0.15, 0.2) is 0 Å².